The Morgan fingerprint density at radius 1 is 0.902 bits per heavy atom. The monoisotopic (exact) mass is 715 g/mol. The van der Waals surface area contributed by atoms with Gasteiger partial charge in [0, 0.05) is 64.0 Å². The fraction of sp³-hybridized carbons (Fsp3) is 0.583. The zero-order valence-corrected chi connectivity index (χ0v) is 30.2. The number of para-hydroxylation sites is 1. The normalized spacial score (nSPS) is 20.7. The van der Waals surface area contributed by atoms with Crippen LogP contribution in [0, 0.1) is 11.8 Å². The first-order valence-corrected chi connectivity index (χ1v) is 19.8. The van der Waals surface area contributed by atoms with Gasteiger partial charge in [0.2, 0.25) is 10.0 Å². The first-order chi connectivity index (χ1) is 24.4. The second-order valence-electron chi connectivity index (χ2n) is 14.2. The highest BCUT2D eigenvalue weighted by molar-refractivity contribution is 7.89. The maximum Gasteiger partial charge on any atom is 0.410 e. The van der Waals surface area contributed by atoms with Gasteiger partial charge in [0.25, 0.3) is 5.91 Å². The quantitative estimate of drug-likeness (QED) is 0.398. The number of ether oxygens (including phenoxy) is 1. The molecule has 0 saturated carbocycles. The van der Waals surface area contributed by atoms with Gasteiger partial charge in [-0.05, 0) is 80.9 Å². The molecule has 4 aliphatic heterocycles. The number of phenols is 1. The maximum atomic E-state index is 14.0. The van der Waals surface area contributed by atoms with E-state index in [2.05, 4.69) is 5.32 Å². The van der Waals surface area contributed by atoms with Crippen molar-refractivity contribution in [1.29, 1.82) is 0 Å². The Bertz CT molecular complexity index is 1680. The summed E-state index contributed by atoms with van der Waals surface area (Å²) in [6, 6.07) is 10.7. The van der Waals surface area contributed by atoms with E-state index in [0.717, 1.165) is 43.4 Å². The zero-order valence-electron chi connectivity index (χ0n) is 29.3. The van der Waals surface area contributed by atoms with E-state index in [1.54, 1.807) is 21.0 Å². The smallest absolute Gasteiger partial charge is 0.410 e. The number of likely N-dealkylation sites (tertiary alicyclic amines) is 2. The lowest BCUT2D eigenvalue weighted by Crippen LogP contribution is -2.52. The van der Waals surface area contributed by atoms with Crippen molar-refractivity contribution in [1.82, 2.24) is 19.0 Å². The molecule has 4 radical (unpaired) electrons. The number of carbonyl (C=O) groups excluding carboxylic acids is 3. The first-order valence-electron chi connectivity index (χ1n) is 18.2. The summed E-state index contributed by atoms with van der Waals surface area (Å²) in [5, 5.41) is 13.1. The van der Waals surface area contributed by atoms with Crippen LogP contribution in [0.15, 0.2) is 36.4 Å². The standard InChI is InChI=1S/C36H47B2N5O7S/c1-2-51(48,49)42-18-9-26(10-19-42)25-7-14-40(15-8-25)34(45)32(23-24-21-29(37)33(44)30(38)22-24)50-36(47)41-16-12-28(13-17-41)43-20-11-27-5-3-4-6-31(27)39-35(43)46/h3-6,21-22,25-26,28,32,44H,2,7-20,23H2,1H3,(H,39,46)/t32-/m1/s1. The molecular formula is C36H47B2N5O7S. The minimum Gasteiger partial charge on any atom is -0.509 e. The van der Waals surface area contributed by atoms with Crippen molar-refractivity contribution in [2.75, 3.05) is 56.9 Å². The highest BCUT2D eigenvalue weighted by atomic mass is 32.2. The Labute approximate surface area is 303 Å². The van der Waals surface area contributed by atoms with Crippen LogP contribution >= 0.6 is 0 Å². The number of urea groups is 1. The molecule has 3 fully saturated rings. The third kappa shape index (κ3) is 8.51. The molecule has 0 spiro atoms. The van der Waals surface area contributed by atoms with Gasteiger partial charge >= 0.3 is 12.1 Å². The van der Waals surface area contributed by atoms with E-state index in [1.165, 1.54) is 12.1 Å². The number of nitrogens with zero attached hydrogens (tertiary/aromatic N) is 4. The molecule has 270 valence electrons. The average Bonchev–Trinajstić information content (AvgIpc) is 3.31. The Morgan fingerprint density at radius 3 is 2.12 bits per heavy atom. The second-order valence-corrected chi connectivity index (χ2v) is 16.5. The molecule has 51 heavy (non-hydrogen) atoms. The summed E-state index contributed by atoms with van der Waals surface area (Å²) in [6.45, 7) is 5.11. The van der Waals surface area contributed by atoms with Crippen molar-refractivity contribution in [2.24, 2.45) is 11.8 Å². The largest absolute Gasteiger partial charge is 0.509 e. The predicted octanol–water partition coefficient (Wildman–Crippen LogP) is 1.88. The van der Waals surface area contributed by atoms with Crippen LogP contribution in [0.2, 0.25) is 0 Å². The Morgan fingerprint density at radius 2 is 1.49 bits per heavy atom. The summed E-state index contributed by atoms with van der Waals surface area (Å²) in [5.74, 6) is 0.370. The Balaban J connectivity index is 1.07. The summed E-state index contributed by atoms with van der Waals surface area (Å²) >= 11 is 0. The summed E-state index contributed by atoms with van der Waals surface area (Å²) in [5.41, 5.74) is 2.63. The molecule has 0 aromatic heterocycles. The fourth-order valence-corrected chi connectivity index (χ4v) is 9.29. The van der Waals surface area contributed by atoms with Crippen molar-refractivity contribution in [3.63, 3.8) is 0 Å². The molecule has 12 nitrogen and oxygen atoms in total. The van der Waals surface area contributed by atoms with Gasteiger partial charge in [-0.25, -0.2) is 22.3 Å². The number of nitrogens with one attached hydrogen (secondary N) is 1. The summed E-state index contributed by atoms with van der Waals surface area (Å²) in [4.78, 5) is 45.9. The van der Waals surface area contributed by atoms with E-state index >= 15 is 0 Å². The van der Waals surface area contributed by atoms with Gasteiger partial charge in [0.15, 0.2) is 6.10 Å². The zero-order chi connectivity index (χ0) is 36.3. The van der Waals surface area contributed by atoms with Crippen LogP contribution in [0.3, 0.4) is 0 Å². The van der Waals surface area contributed by atoms with Crippen molar-refractivity contribution in [2.45, 2.75) is 70.4 Å². The number of benzene rings is 2. The van der Waals surface area contributed by atoms with Crippen LogP contribution in [-0.4, -0.2) is 130 Å². The highest BCUT2D eigenvalue weighted by Crippen LogP contribution is 2.34. The van der Waals surface area contributed by atoms with E-state index in [-0.39, 0.29) is 46.8 Å². The van der Waals surface area contributed by atoms with E-state index in [1.807, 2.05) is 29.2 Å². The van der Waals surface area contributed by atoms with Gasteiger partial charge in [0.1, 0.15) is 21.4 Å². The third-order valence-corrected chi connectivity index (χ3v) is 13.1. The molecule has 0 bridgehead atoms. The van der Waals surface area contributed by atoms with Crippen LogP contribution < -0.4 is 16.2 Å². The summed E-state index contributed by atoms with van der Waals surface area (Å²) in [7, 11) is 8.75. The van der Waals surface area contributed by atoms with Crippen molar-refractivity contribution in [3.8, 4) is 5.75 Å². The van der Waals surface area contributed by atoms with Gasteiger partial charge in [-0.2, -0.15) is 0 Å². The van der Waals surface area contributed by atoms with Crippen LogP contribution in [0.4, 0.5) is 15.3 Å². The number of hydrogen-bond donors (Lipinski definition) is 2. The van der Waals surface area contributed by atoms with E-state index in [4.69, 9.17) is 20.4 Å². The van der Waals surface area contributed by atoms with Crippen LogP contribution in [0.25, 0.3) is 0 Å². The van der Waals surface area contributed by atoms with Gasteiger partial charge in [-0.3, -0.25) is 4.79 Å². The number of aromatic hydroxyl groups is 1. The predicted molar refractivity (Wildman–Crippen MR) is 196 cm³/mol. The molecule has 2 N–H and O–H groups in total. The Hall–Kier alpha value is -3.71. The molecule has 6 rings (SSSR count). The summed E-state index contributed by atoms with van der Waals surface area (Å²) < 4.78 is 32.2. The number of rotatable bonds is 8. The van der Waals surface area contributed by atoms with Crippen molar-refractivity contribution in [3.05, 3.63) is 47.5 Å². The van der Waals surface area contributed by atoms with Crippen molar-refractivity contribution < 1.29 is 32.6 Å². The number of phenolic OH excluding ortho intramolecular Hbond substituents is 1. The highest BCUT2D eigenvalue weighted by Gasteiger charge is 2.38. The molecular weight excluding hydrogens is 668 g/mol. The van der Waals surface area contributed by atoms with Gasteiger partial charge in [-0.15, -0.1) is 0 Å². The van der Waals surface area contributed by atoms with E-state index in [0.29, 0.717) is 76.1 Å². The first kappa shape index (κ1) is 37.1. The lowest BCUT2D eigenvalue weighted by Gasteiger charge is -2.40. The lowest BCUT2D eigenvalue weighted by atomic mass is 9.79. The number of fused-ring (bicyclic) bond motifs is 1. The molecule has 0 aliphatic carbocycles. The summed E-state index contributed by atoms with van der Waals surface area (Å²) in [6.07, 6.45) is 3.43. The third-order valence-electron chi connectivity index (χ3n) is 11.2. The number of hydrogen-bond acceptors (Lipinski definition) is 7. The molecule has 3 saturated heterocycles. The van der Waals surface area contributed by atoms with E-state index < -0.39 is 22.2 Å². The minimum atomic E-state index is -3.19. The molecule has 2 aromatic rings. The number of amides is 4. The van der Waals surface area contributed by atoms with Gasteiger partial charge in [-0.1, -0.05) is 41.3 Å². The Kier molecular flexibility index (Phi) is 11.5. The molecule has 4 heterocycles. The molecule has 0 unspecified atom stereocenters. The van der Waals surface area contributed by atoms with Crippen LogP contribution in [0.5, 0.6) is 5.75 Å². The van der Waals surface area contributed by atoms with Crippen LogP contribution in [0.1, 0.15) is 56.6 Å². The molecule has 4 aliphatic rings. The molecule has 1 atom stereocenters. The fourth-order valence-electron chi connectivity index (χ4n) is 8.15. The SMILES string of the molecule is [B]c1cc(C[C@@H](OC(=O)N2CCC(N3CCc4ccccc4NC3=O)CC2)C(=O)N2CCC(C3CCN(S(=O)(=O)CC)CC3)CC2)cc([B])c1O. The number of anilines is 1. The van der Waals surface area contributed by atoms with Gasteiger partial charge < -0.3 is 29.9 Å². The number of sulfonamides is 1. The lowest BCUT2D eigenvalue weighted by molar-refractivity contribution is -0.142. The second kappa shape index (κ2) is 15.9. The maximum absolute atomic E-state index is 14.0. The molecule has 2 aromatic carbocycles. The number of piperidine rings is 3. The molecule has 15 heteroatoms. The molecule has 4 amide bonds. The van der Waals surface area contributed by atoms with Crippen LogP contribution in [-0.2, 0) is 32.4 Å². The van der Waals surface area contributed by atoms with Crippen molar-refractivity contribution >= 4 is 60.4 Å². The van der Waals surface area contributed by atoms with Gasteiger partial charge in [0.05, 0.1) is 5.75 Å². The van der Waals surface area contributed by atoms with E-state index in [9.17, 15) is 27.9 Å². The number of carbonyl (C=O) groups is 3. The average molecular weight is 715 g/mol. The minimum absolute atomic E-state index is 0.0340. The topological polar surface area (TPSA) is 140 Å².